The molecule has 15 heavy (non-hydrogen) atoms. The van der Waals surface area contributed by atoms with Crippen LogP contribution in [0.5, 0.6) is 0 Å². The summed E-state index contributed by atoms with van der Waals surface area (Å²) >= 11 is 0. The van der Waals surface area contributed by atoms with Gasteiger partial charge in [-0.25, -0.2) is 0 Å². The van der Waals surface area contributed by atoms with Crippen LogP contribution in [0.15, 0.2) is 18.9 Å². The summed E-state index contributed by atoms with van der Waals surface area (Å²) in [5, 5.41) is 7.92. The van der Waals surface area contributed by atoms with Crippen molar-refractivity contribution < 1.29 is 0 Å². The van der Waals surface area contributed by atoms with E-state index in [0.717, 1.165) is 31.9 Å². The van der Waals surface area contributed by atoms with Crippen molar-refractivity contribution in [3.05, 3.63) is 24.5 Å². The number of nitrogens with zero attached hydrogens (tertiary/aromatic N) is 4. The zero-order chi connectivity index (χ0) is 11.1. The summed E-state index contributed by atoms with van der Waals surface area (Å²) in [6, 6.07) is 0. The second-order valence-electron chi connectivity index (χ2n) is 3.36. The smallest absolute Gasteiger partial charge is 0.0962 e. The van der Waals surface area contributed by atoms with E-state index in [2.05, 4.69) is 28.7 Å². The fourth-order valence-electron chi connectivity index (χ4n) is 1.35. The highest BCUT2D eigenvalue weighted by molar-refractivity contribution is 4.90. The van der Waals surface area contributed by atoms with Gasteiger partial charge in [0.05, 0.1) is 12.2 Å². The van der Waals surface area contributed by atoms with Gasteiger partial charge >= 0.3 is 0 Å². The van der Waals surface area contributed by atoms with Gasteiger partial charge in [0.15, 0.2) is 0 Å². The van der Waals surface area contributed by atoms with Crippen molar-refractivity contribution in [1.29, 1.82) is 0 Å². The van der Waals surface area contributed by atoms with Crippen molar-refractivity contribution >= 4 is 0 Å². The molecule has 0 aliphatic rings. The van der Waals surface area contributed by atoms with Crippen molar-refractivity contribution in [3.63, 3.8) is 0 Å². The highest BCUT2D eigenvalue weighted by Crippen LogP contribution is 1.93. The lowest BCUT2D eigenvalue weighted by atomic mass is 10.4. The third-order valence-corrected chi connectivity index (χ3v) is 2.28. The Bertz CT molecular complexity index is 294. The van der Waals surface area contributed by atoms with Gasteiger partial charge in [0, 0.05) is 25.8 Å². The van der Waals surface area contributed by atoms with E-state index in [9.17, 15) is 0 Å². The Morgan fingerprint density at radius 1 is 1.67 bits per heavy atom. The monoisotopic (exact) mass is 209 g/mol. The number of likely N-dealkylation sites (N-methyl/N-ethyl adjacent to an activating group) is 1. The molecule has 0 spiro atoms. The molecule has 0 radical (unpaired) electrons. The summed E-state index contributed by atoms with van der Waals surface area (Å²) in [5.41, 5.74) is 6.29. The Balaban J connectivity index is 2.37. The number of hydrogen-bond donors (Lipinski definition) is 1. The molecule has 0 aliphatic heterocycles. The van der Waals surface area contributed by atoms with Crippen molar-refractivity contribution in [2.75, 3.05) is 19.6 Å². The van der Waals surface area contributed by atoms with Gasteiger partial charge in [-0.3, -0.25) is 9.58 Å². The maximum Gasteiger partial charge on any atom is 0.0962 e. The summed E-state index contributed by atoms with van der Waals surface area (Å²) in [6.07, 6.45) is 3.80. The highest BCUT2D eigenvalue weighted by Gasteiger charge is 2.02. The Kier molecular flexibility index (Phi) is 5.00. The van der Waals surface area contributed by atoms with Crippen LogP contribution in [0.2, 0.25) is 0 Å². The average Bonchev–Trinajstić information content (AvgIpc) is 2.72. The van der Waals surface area contributed by atoms with E-state index in [4.69, 9.17) is 5.73 Å². The number of rotatable bonds is 7. The SMILES string of the molecule is C=CCN(CC)CCn1cc(CN)nn1. The molecule has 0 atom stereocenters. The second kappa shape index (κ2) is 6.31. The third kappa shape index (κ3) is 3.81. The van der Waals surface area contributed by atoms with Crippen molar-refractivity contribution in [3.8, 4) is 0 Å². The quantitative estimate of drug-likeness (QED) is 0.654. The van der Waals surface area contributed by atoms with Crippen molar-refractivity contribution in [2.24, 2.45) is 5.73 Å². The maximum atomic E-state index is 5.45. The van der Waals surface area contributed by atoms with E-state index < -0.39 is 0 Å². The second-order valence-corrected chi connectivity index (χ2v) is 3.36. The predicted molar refractivity (Wildman–Crippen MR) is 60.2 cm³/mol. The molecule has 1 aromatic heterocycles. The van der Waals surface area contributed by atoms with E-state index in [1.54, 1.807) is 0 Å². The van der Waals surface area contributed by atoms with Crippen LogP contribution in [0.3, 0.4) is 0 Å². The zero-order valence-corrected chi connectivity index (χ0v) is 9.26. The van der Waals surface area contributed by atoms with E-state index >= 15 is 0 Å². The first-order valence-corrected chi connectivity index (χ1v) is 5.22. The van der Waals surface area contributed by atoms with Crippen LogP contribution in [0.1, 0.15) is 12.6 Å². The molecule has 0 saturated carbocycles. The summed E-state index contributed by atoms with van der Waals surface area (Å²) in [5.74, 6) is 0. The van der Waals surface area contributed by atoms with Gasteiger partial charge in [-0.15, -0.1) is 11.7 Å². The molecule has 0 fully saturated rings. The first-order chi connectivity index (χ1) is 7.30. The molecule has 1 rings (SSSR count). The maximum absolute atomic E-state index is 5.45. The van der Waals surface area contributed by atoms with Gasteiger partial charge in [-0.1, -0.05) is 18.2 Å². The Morgan fingerprint density at radius 3 is 3.00 bits per heavy atom. The standard InChI is InChI=1S/C10H19N5/c1-3-5-14(4-2)6-7-15-9-10(8-11)12-13-15/h3,9H,1,4-8,11H2,2H3. The largest absolute Gasteiger partial charge is 0.325 e. The summed E-state index contributed by atoms with van der Waals surface area (Å²) in [6.45, 7) is 10.0. The van der Waals surface area contributed by atoms with Crippen LogP contribution < -0.4 is 5.73 Å². The van der Waals surface area contributed by atoms with Gasteiger partial charge in [-0.2, -0.15) is 0 Å². The third-order valence-electron chi connectivity index (χ3n) is 2.28. The van der Waals surface area contributed by atoms with E-state index in [-0.39, 0.29) is 0 Å². The lowest BCUT2D eigenvalue weighted by Crippen LogP contribution is -2.27. The fourth-order valence-corrected chi connectivity index (χ4v) is 1.35. The van der Waals surface area contributed by atoms with Gasteiger partial charge in [-0.05, 0) is 6.54 Å². The zero-order valence-electron chi connectivity index (χ0n) is 9.26. The topological polar surface area (TPSA) is 60.0 Å². The van der Waals surface area contributed by atoms with Crippen LogP contribution >= 0.6 is 0 Å². The van der Waals surface area contributed by atoms with Gasteiger partial charge in [0.25, 0.3) is 0 Å². The van der Waals surface area contributed by atoms with Crippen LogP contribution in [0.25, 0.3) is 0 Å². The van der Waals surface area contributed by atoms with Crippen molar-refractivity contribution in [1.82, 2.24) is 19.9 Å². The van der Waals surface area contributed by atoms with Gasteiger partial charge in [0.2, 0.25) is 0 Å². The first-order valence-electron chi connectivity index (χ1n) is 5.22. The summed E-state index contributed by atoms with van der Waals surface area (Å²) in [7, 11) is 0. The fraction of sp³-hybridized carbons (Fsp3) is 0.600. The molecule has 0 aromatic carbocycles. The van der Waals surface area contributed by atoms with Crippen molar-refractivity contribution in [2.45, 2.75) is 20.0 Å². The van der Waals surface area contributed by atoms with E-state index in [0.29, 0.717) is 6.54 Å². The highest BCUT2D eigenvalue weighted by atomic mass is 15.4. The number of hydrogen-bond acceptors (Lipinski definition) is 4. The lowest BCUT2D eigenvalue weighted by molar-refractivity contribution is 0.297. The molecule has 1 heterocycles. The van der Waals surface area contributed by atoms with Gasteiger partial charge in [0.1, 0.15) is 0 Å². The molecule has 0 amide bonds. The summed E-state index contributed by atoms with van der Waals surface area (Å²) < 4.78 is 1.83. The van der Waals surface area contributed by atoms with E-state index in [1.807, 2.05) is 17.0 Å². The molecule has 5 heteroatoms. The minimum atomic E-state index is 0.449. The van der Waals surface area contributed by atoms with Crippen LogP contribution in [-0.2, 0) is 13.1 Å². The Morgan fingerprint density at radius 2 is 2.47 bits per heavy atom. The molecule has 0 bridgehead atoms. The molecule has 5 nitrogen and oxygen atoms in total. The minimum Gasteiger partial charge on any atom is -0.325 e. The van der Waals surface area contributed by atoms with Gasteiger partial charge < -0.3 is 5.73 Å². The molecule has 1 aromatic rings. The van der Waals surface area contributed by atoms with Crippen LogP contribution in [-0.4, -0.2) is 39.5 Å². The Hall–Kier alpha value is -1.20. The lowest BCUT2D eigenvalue weighted by Gasteiger charge is -2.17. The molecule has 0 aliphatic carbocycles. The average molecular weight is 209 g/mol. The number of nitrogens with two attached hydrogens (primary N) is 1. The number of aromatic nitrogens is 3. The normalized spacial score (nSPS) is 10.9. The van der Waals surface area contributed by atoms with Crippen LogP contribution in [0, 0.1) is 0 Å². The minimum absolute atomic E-state index is 0.449. The Labute approximate surface area is 90.6 Å². The molecular formula is C10H19N5. The van der Waals surface area contributed by atoms with E-state index in [1.165, 1.54) is 0 Å². The van der Waals surface area contributed by atoms with Crippen LogP contribution in [0.4, 0.5) is 0 Å². The molecule has 2 N–H and O–H groups in total. The first kappa shape index (κ1) is 11.9. The molecular weight excluding hydrogens is 190 g/mol. The predicted octanol–water partition coefficient (Wildman–Crippen LogP) is 0.245. The summed E-state index contributed by atoms with van der Waals surface area (Å²) in [4.78, 5) is 2.29. The molecule has 84 valence electrons. The molecule has 0 saturated heterocycles. The molecule has 0 unspecified atom stereocenters.